The Bertz CT molecular complexity index is 1130. The SMILES string of the molecule is Cc1cc(C)cc(OCCCn2c(COc3ccccc3C)nc3ccccc32)c1. The predicted octanol–water partition coefficient (Wildman–Crippen LogP) is 6.01. The number of hydrogen-bond donors (Lipinski definition) is 0. The van der Waals surface area contributed by atoms with E-state index in [2.05, 4.69) is 67.8 Å². The van der Waals surface area contributed by atoms with Crippen LogP contribution in [-0.2, 0) is 13.2 Å². The van der Waals surface area contributed by atoms with E-state index >= 15 is 0 Å². The molecule has 0 N–H and O–H groups in total. The highest BCUT2D eigenvalue weighted by molar-refractivity contribution is 5.75. The predicted molar refractivity (Wildman–Crippen MR) is 121 cm³/mol. The zero-order valence-electron chi connectivity index (χ0n) is 17.9. The maximum Gasteiger partial charge on any atom is 0.148 e. The van der Waals surface area contributed by atoms with Crippen molar-refractivity contribution in [3.05, 3.63) is 89.2 Å². The molecule has 0 amide bonds. The van der Waals surface area contributed by atoms with Gasteiger partial charge in [-0.3, -0.25) is 0 Å². The van der Waals surface area contributed by atoms with Crippen LogP contribution in [0.1, 0.15) is 28.9 Å². The van der Waals surface area contributed by atoms with Gasteiger partial charge < -0.3 is 14.0 Å². The fourth-order valence-corrected chi connectivity index (χ4v) is 3.77. The first-order chi connectivity index (χ1) is 14.6. The van der Waals surface area contributed by atoms with Crippen molar-refractivity contribution in [3.63, 3.8) is 0 Å². The minimum Gasteiger partial charge on any atom is -0.494 e. The Balaban J connectivity index is 1.45. The summed E-state index contributed by atoms with van der Waals surface area (Å²) in [5, 5.41) is 0. The Morgan fingerprint density at radius 2 is 1.57 bits per heavy atom. The van der Waals surface area contributed by atoms with Crippen molar-refractivity contribution in [3.8, 4) is 11.5 Å². The standard InChI is InChI=1S/C26H28N2O2/c1-19-15-20(2)17-22(16-19)29-14-8-13-28-24-11-6-5-10-23(24)27-26(28)18-30-25-12-7-4-9-21(25)3/h4-7,9-12,15-17H,8,13-14,18H2,1-3H3. The second-order valence-electron chi connectivity index (χ2n) is 7.75. The van der Waals surface area contributed by atoms with Crippen LogP contribution < -0.4 is 9.47 Å². The van der Waals surface area contributed by atoms with E-state index in [0.29, 0.717) is 13.2 Å². The van der Waals surface area contributed by atoms with Crippen LogP contribution in [0, 0.1) is 20.8 Å². The van der Waals surface area contributed by atoms with E-state index in [1.54, 1.807) is 0 Å². The van der Waals surface area contributed by atoms with E-state index in [9.17, 15) is 0 Å². The van der Waals surface area contributed by atoms with E-state index < -0.39 is 0 Å². The molecule has 4 aromatic rings. The van der Waals surface area contributed by atoms with E-state index in [1.165, 1.54) is 11.1 Å². The van der Waals surface area contributed by atoms with Gasteiger partial charge in [0.25, 0.3) is 0 Å². The third kappa shape index (κ3) is 4.65. The minimum absolute atomic E-state index is 0.442. The largest absolute Gasteiger partial charge is 0.494 e. The molecule has 30 heavy (non-hydrogen) atoms. The summed E-state index contributed by atoms with van der Waals surface area (Å²) in [4.78, 5) is 4.81. The van der Waals surface area contributed by atoms with Gasteiger partial charge in [-0.25, -0.2) is 4.98 Å². The van der Waals surface area contributed by atoms with Crippen LogP contribution in [-0.4, -0.2) is 16.2 Å². The van der Waals surface area contributed by atoms with Crippen LogP contribution in [0.3, 0.4) is 0 Å². The summed E-state index contributed by atoms with van der Waals surface area (Å²) in [6.07, 6.45) is 0.894. The molecule has 0 aliphatic carbocycles. The third-order valence-corrected chi connectivity index (χ3v) is 5.17. The van der Waals surface area contributed by atoms with E-state index in [-0.39, 0.29) is 0 Å². The zero-order valence-corrected chi connectivity index (χ0v) is 17.9. The first-order valence-corrected chi connectivity index (χ1v) is 10.4. The molecule has 4 nitrogen and oxygen atoms in total. The van der Waals surface area contributed by atoms with Crippen LogP contribution >= 0.6 is 0 Å². The number of nitrogens with zero attached hydrogens (tertiary/aromatic N) is 2. The Morgan fingerprint density at radius 3 is 2.37 bits per heavy atom. The van der Waals surface area contributed by atoms with Gasteiger partial charge in [0.15, 0.2) is 0 Å². The topological polar surface area (TPSA) is 36.3 Å². The highest BCUT2D eigenvalue weighted by atomic mass is 16.5. The maximum atomic E-state index is 6.08. The number of ether oxygens (including phenoxy) is 2. The maximum absolute atomic E-state index is 6.08. The van der Waals surface area contributed by atoms with Gasteiger partial charge in [-0.05, 0) is 74.2 Å². The van der Waals surface area contributed by atoms with Crippen LogP contribution in [0.25, 0.3) is 11.0 Å². The Labute approximate surface area is 178 Å². The average Bonchev–Trinajstić information content (AvgIpc) is 3.07. The fourth-order valence-electron chi connectivity index (χ4n) is 3.77. The Morgan fingerprint density at radius 1 is 0.833 bits per heavy atom. The molecular formula is C26H28N2O2. The number of aryl methyl sites for hydroxylation is 4. The first kappa shape index (κ1) is 20.0. The van der Waals surface area contributed by atoms with Gasteiger partial charge in [0, 0.05) is 6.54 Å². The van der Waals surface area contributed by atoms with Gasteiger partial charge in [-0.1, -0.05) is 36.4 Å². The average molecular weight is 401 g/mol. The van der Waals surface area contributed by atoms with Crippen LogP contribution in [0.2, 0.25) is 0 Å². The van der Waals surface area contributed by atoms with Crippen molar-refractivity contribution in [2.75, 3.05) is 6.61 Å². The number of para-hydroxylation sites is 3. The lowest BCUT2D eigenvalue weighted by Crippen LogP contribution is -2.10. The molecule has 3 aromatic carbocycles. The molecule has 0 aliphatic rings. The molecule has 0 spiro atoms. The zero-order chi connectivity index (χ0) is 20.9. The summed E-state index contributed by atoms with van der Waals surface area (Å²) in [5.74, 6) is 2.77. The Kier molecular flexibility index (Phi) is 6.03. The van der Waals surface area contributed by atoms with Crippen molar-refractivity contribution in [1.82, 2.24) is 9.55 Å². The molecule has 1 aromatic heterocycles. The molecule has 0 radical (unpaired) electrons. The smallest absolute Gasteiger partial charge is 0.148 e. The molecule has 0 atom stereocenters. The summed E-state index contributed by atoms with van der Waals surface area (Å²) < 4.78 is 14.3. The van der Waals surface area contributed by atoms with Gasteiger partial charge in [-0.15, -0.1) is 0 Å². The number of hydrogen-bond acceptors (Lipinski definition) is 3. The lowest BCUT2D eigenvalue weighted by molar-refractivity contribution is 0.279. The van der Waals surface area contributed by atoms with Gasteiger partial charge in [0.1, 0.15) is 23.9 Å². The second-order valence-corrected chi connectivity index (χ2v) is 7.75. The molecule has 4 heteroatoms. The van der Waals surface area contributed by atoms with E-state index in [4.69, 9.17) is 14.5 Å². The quantitative estimate of drug-likeness (QED) is 0.340. The molecule has 0 fully saturated rings. The molecule has 154 valence electrons. The molecule has 0 saturated carbocycles. The fraction of sp³-hybridized carbons (Fsp3) is 0.269. The molecule has 0 saturated heterocycles. The second kappa shape index (κ2) is 9.04. The number of benzene rings is 3. The van der Waals surface area contributed by atoms with Crippen molar-refractivity contribution >= 4 is 11.0 Å². The lowest BCUT2D eigenvalue weighted by Gasteiger charge is -2.13. The summed E-state index contributed by atoms with van der Waals surface area (Å²) in [6.45, 7) is 8.18. The van der Waals surface area contributed by atoms with Gasteiger partial charge in [0.05, 0.1) is 17.6 Å². The summed E-state index contributed by atoms with van der Waals surface area (Å²) in [5.41, 5.74) is 5.70. The third-order valence-electron chi connectivity index (χ3n) is 5.17. The number of rotatable bonds is 8. The van der Waals surface area contributed by atoms with Crippen molar-refractivity contribution in [1.29, 1.82) is 0 Å². The summed E-state index contributed by atoms with van der Waals surface area (Å²) in [6, 6.07) is 22.6. The highest BCUT2D eigenvalue weighted by Crippen LogP contribution is 2.21. The number of aromatic nitrogens is 2. The van der Waals surface area contributed by atoms with E-state index in [0.717, 1.165) is 46.9 Å². The summed E-state index contributed by atoms with van der Waals surface area (Å²) in [7, 11) is 0. The number of fused-ring (bicyclic) bond motifs is 1. The van der Waals surface area contributed by atoms with Crippen LogP contribution in [0.5, 0.6) is 11.5 Å². The minimum atomic E-state index is 0.442. The molecule has 0 unspecified atom stereocenters. The lowest BCUT2D eigenvalue weighted by atomic mass is 10.1. The first-order valence-electron chi connectivity index (χ1n) is 10.4. The normalized spacial score (nSPS) is 11.0. The molecule has 4 rings (SSSR count). The Hall–Kier alpha value is -3.27. The molecule has 1 heterocycles. The van der Waals surface area contributed by atoms with Crippen molar-refractivity contribution in [2.24, 2.45) is 0 Å². The van der Waals surface area contributed by atoms with Gasteiger partial charge in [-0.2, -0.15) is 0 Å². The van der Waals surface area contributed by atoms with Gasteiger partial charge in [0.2, 0.25) is 0 Å². The summed E-state index contributed by atoms with van der Waals surface area (Å²) >= 11 is 0. The van der Waals surface area contributed by atoms with E-state index in [1.807, 2.05) is 24.3 Å². The van der Waals surface area contributed by atoms with Crippen molar-refractivity contribution in [2.45, 2.75) is 40.3 Å². The molecular weight excluding hydrogens is 372 g/mol. The van der Waals surface area contributed by atoms with Crippen LogP contribution in [0.15, 0.2) is 66.7 Å². The van der Waals surface area contributed by atoms with Crippen molar-refractivity contribution < 1.29 is 9.47 Å². The highest BCUT2D eigenvalue weighted by Gasteiger charge is 2.11. The monoisotopic (exact) mass is 400 g/mol. The molecule has 0 bridgehead atoms. The van der Waals surface area contributed by atoms with Crippen LogP contribution in [0.4, 0.5) is 0 Å². The molecule has 0 aliphatic heterocycles. The number of imidazole rings is 1. The van der Waals surface area contributed by atoms with Gasteiger partial charge >= 0.3 is 0 Å².